The molecule has 1 aromatic rings. The van der Waals surface area contributed by atoms with Gasteiger partial charge in [-0.15, -0.1) is 0 Å². The van der Waals surface area contributed by atoms with E-state index in [1.807, 2.05) is 0 Å². The van der Waals surface area contributed by atoms with Gasteiger partial charge in [0.05, 0.1) is 44.5 Å². The third kappa shape index (κ3) is 10.4. The number of benzene rings is 1. The van der Waals surface area contributed by atoms with Gasteiger partial charge in [-0.1, -0.05) is 0 Å². The summed E-state index contributed by atoms with van der Waals surface area (Å²) < 4.78 is 23.8. The van der Waals surface area contributed by atoms with Crippen LogP contribution in [0.3, 0.4) is 0 Å². The van der Waals surface area contributed by atoms with E-state index in [-0.39, 0.29) is 49.8 Å². The summed E-state index contributed by atoms with van der Waals surface area (Å²) in [6, 6.07) is 3.61. The molecule has 0 fully saturated rings. The molecule has 12 heteroatoms. The Morgan fingerprint density at radius 1 is 0.848 bits per heavy atom. The van der Waals surface area contributed by atoms with E-state index in [4.69, 9.17) is 14.2 Å². The molecule has 0 atom stereocenters. The molecular formula is C21H29NO11. The first kappa shape index (κ1) is 29.3. The van der Waals surface area contributed by atoms with Gasteiger partial charge in [-0.2, -0.15) is 0 Å². The molecular weight excluding hydrogens is 442 g/mol. The number of esters is 4. The summed E-state index contributed by atoms with van der Waals surface area (Å²) in [5.41, 5.74) is -0.0583. The molecule has 0 aromatic heterocycles. The summed E-state index contributed by atoms with van der Waals surface area (Å²) in [4.78, 5) is 55.5. The van der Waals surface area contributed by atoms with Gasteiger partial charge in [-0.3, -0.25) is 29.3 Å². The molecule has 0 radical (unpaired) electrons. The van der Waals surface area contributed by atoms with Crippen molar-refractivity contribution in [2.75, 3.05) is 33.5 Å². The second-order valence-electron chi connectivity index (χ2n) is 5.91. The molecule has 0 N–H and O–H groups in total. The highest BCUT2D eigenvalue weighted by Crippen LogP contribution is 2.32. The van der Waals surface area contributed by atoms with Crippen LogP contribution in [0.25, 0.3) is 0 Å². The van der Waals surface area contributed by atoms with Crippen LogP contribution in [-0.4, -0.2) is 62.3 Å². The molecule has 184 valence electrons. The Kier molecular flexibility index (Phi) is 14.2. The summed E-state index contributed by atoms with van der Waals surface area (Å²) in [5.74, 6) is -3.98. The fourth-order valence-electron chi connectivity index (χ4n) is 2.40. The number of methoxy groups -OCH3 is 1. The van der Waals surface area contributed by atoms with Crippen molar-refractivity contribution in [1.82, 2.24) is 0 Å². The average molecular weight is 471 g/mol. The van der Waals surface area contributed by atoms with Crippen LogP contribution in [-0.2, 0) is 38.1 Å². The van der Waals surface area contributed by atoms with Crippen LogP contribution in [0.5, 0.6) is 5.75 Å². The molecule has 0 bridgehead atoms. The van der Waals surface area contributed by atoms with Crippen LogP contribution in [0, 0.1) is 10.1 Å². The molecule has 0 amide bonds. The highest BCUT2D eigenvalue weighted by molar-refractivity contribution is 6.01. The zero-order valence-corrected chi connectivity index (χ0v) is 19.3. The van der Waals surface area contributed by atoms with Gasteiger partial charge < -0.3 is 23.7 Å². The van der Waals surface area contributed by atoms with Gasteiger partial charge in [0.15, 0.2) is 5.92 Å². The smallest absolute Gasteiger partial charge is 0.325 e. The highest BCUT2D eigenvalue weighted by Gasteiger charge is 2.34. The zero-order valence-electron chi connectivity index (χ0n) is 19.3. The summed E-state index contributed by atoms with van der Waals surface area (Å²) in [7, 11) is 1.29. The monoisotopic (exact) mass is 471 g/mol. The third-order valence-corrected chi connectivity index (χ3v) is 3.68. The number of hydrogen-bond donors (Lipinski definition) is 0. The molecule has 0 aliphatic heterocycles. The Hall–Kier alpha value is -3.70. The van der Waals surface area contributed by atoms with Crippen molar-refractivity contribution < 1.29 is 47.8 Å². The van der Waals surface area contributed by atoms with Crippen molar-refractivity contribution in [1.29, 1.82) is 0 Å². The van der Waals surface area contributed by atoms with Gasteiger partial charge >= 0.3 is 23.9 Å². The van der Waals surface area contributed by atoms with Crippen LogP contribution in [0.1, 0.15) is 45.6 Å². The number of hydrogen-bond acceptors (Lipinski definition) is 11. The second kappa shape index (κ2) is 16.0. The zero-order chi connectivity index (χ0) is 25.4. The minimum atomic E-state index is -1.35. The van der Waals surface area contributed by atoms with Crippen LogP contribution >= 0.6 is 0 Å². The summed E-state index contributed by atoms with van der Waals surface area (Å²) in [6.07, 6.45) is -0.290. The fourth-order valence-corrected chi connectivity index (χ4v) is 2.40. The highest BCUT2D eigenvalue weighted by atomic mass is 16.6. The van der Waals surface area contributed by atoms with Gasteiger partial charge in [0.25, 0.3) is 5.69 Å². The molecule has 0 saturated carbocycles. The number of carbonyl (C=O) groups excluding carboxylic acids is 4. The second-order valence-corrected chi connectivity index (χ2v) is 5.91. The molecule has 0 unspecified atom stereocenters. The third-order valence-electron chi connectivity index (χ3n) is 3.68. The van der Waals surface area contributed by atoms with Crippen molar-refractivity contribution in [2.24, 2.45) is 0 Å². The first-order valence-corrected chi connectivity index (χ1v) is 10.1. The van der Waals surface area contributed by atoms with Crippen LogP contribution < -0.4 is 4.74 Å². The van der Waals surface area contributed by atoms with E-state index in [1.54, 1.807) is 27.7 Å². The molecule has 0 saturated heterocycles. The molecule has 1 aromatic carbocycles. The van der Waals surface area contributed by atoms with E-state index < -0.39 is 34.7 Å². The molecule has 1 rings (SSSR count). The predicted octanol–water partition coefficient (Wildman–Crippen LogP) is 2.32. The lowest BCUT2D eigenvalue weighted by molar-refractivity contribution is -0.385. The number of nitrogens with zero attached hydrogens (tertiary/aromatic N) is 1. The van der Waals surface area contributed by atoms with Crippen molar-refractivity contribution in [2.45, 2.75) is 40.0 Å². The Morgan fingerprint density at radius 3 is 1.67 bits per heavy atom. The molecule has 33 heavy (non-hydrogen) atoms. The molecule has 0 aliphatic carbocycles. The van der Waals surface area contributed by atoms with E-state index in [1.165, 1.54) is 19.2 Å². The normalized spacial score (nSPS) is 9.76. The summed E-state index contributed by atoms with van der Waals surface area (Å²) >= 11 is 0. The number of ether oxygens (including phenoxy) is 5. The maximum Gasteiger partial charge on any atom is 0.325 e. The van der Waals surface area contributed by atoms with E-state index >= 15 is 0 Å². The lowest BCUT2D eigenvalue weighted by Crippen LogP contribution is -2.26. The number of carbonyl (C=O) groups is 4. The maximum atomic E-state index is 12.0. The first-order chi connectivity index (χ1) is 15.7. The molecule has 0 aliphatic rings. The quantitative estimate of drug-likeness (QED) is 0.153. The Bertz CT molecular complexity index is 788. The van der Waals surface area contributed by atoms with Crippen LogP contribution in [0.15, 0.2) is 18.2 Å². The number of rotatable bonds is 11. The van der Waals surface area contributed by atoms with Gasteiger partial charge in [-0.05, 0) is 33.8 Å². The van der Waals surface area contributed by atoms with Crippen molar-refractivity contribution in [3.8, 4) is 5.75 Å². The van der Waals surface area contributed by atoms with Gasteiger partial charge in [0.2, 0.25) is 0 Å². The number of non-ortho nitro benzene ring substituents is 1. The minimum Gasteiger partial charge on any atom is -0.496 e. The van der Waals surface area contributed by atoms with E-state index in [9.17, 15) is 29.3 Å². The Morgan fingerprint density at radius 2 is 1.30 bits per heavy atom. The van der Waals surface area contributed by atoms with Gasteiger partial charge in [-0.25, -0.2) is 0 Å². The lowest BCUT2D eigenvalue weighted by Gasteiger charge is -2.17. The summed E-state index contributed by atoms with van der Waals surface area (Å²) in [5, 5.41) is 10.8. The van der Waals surface area contributed by atoms with E-state index in [0.717, 1.165) is 6.07 Å². The number of nitro groups is 1. The minimum absolute atomic E-state index is 0.0420. The number of nitro benzene ring substituents is 1. The summed E-state index contributed by atoms with van der Waals surface area (Å²) in [6.45, 7) is 7.33. The molecule has 0 spiro atoms. The van der Waals surface area contributed by atoms with E-state index in [2.05, 4.69) is 9.47 Å². The van der Waals surface area contributed by atoms with Crippen molar-refractivity contribution in [3.63, 3.8) is 0 Å². The Balaban J connectivity index is 0.000000785. The predicted molar refractivity (Wildman–Crippen MR) is 114 cm³/mol. The fraction of sp³-hybridized carbons (Fsp3) is 0.524. The van der Waals surface area contributed by atoms with Crippen LogP contribution in [0.4, 0.5) is 5.69 Å². The largest absolute Gasteiger partial charge is 0.496 e. The Labute approximate surface area is 191 Å². The standard InChI is InChI=1S/C14H17NO7.C7H12O4/c1-4-21-13(16)12(14(17)22-5-2)10-7-6-9(15(18)19)8-11(10)20-3;1-3-10-6(8)5-7(9)11-4-2/h6-8,12H,4-5H2,1-3H3;3-5H2,1-2H3. The molecule has 12 nitrogen and oxygen atoms in total. The topological polar surface area (TPSA) is 158 Å². The van der Waals surface area contributed by atoms with Crippen LogP contribution in [0.2, 0.25) is 0 Å². The lowest BCUT2D eigenvalue weighted by atomic mass is 9.97. The van der Waals surface area contributed by atoms with Gasteiger partial charge in [0, 0.05) is 11.6 Å². The first-order valence-electron chi connectivity index (χ1n) is 10.1. The van der Waals surface area contributed by atoms with Gasteiger partial charge in [0.1, 0.15) is 12.2 Å². The van der Waals surface area contributed by atoms with E-state index in [0.29, 0.717) is 0 Å². The SMILES string of the molecule is CCOC(=O)C(C(=O)OCC)c1ccc([N+](=O)[O-])cc1OC.CCOC(=O)CC(=O)OCC. The average Bonchev–Trinajstić information content (AvgIpc) is 2.75. The van der Waals surface area contributed by atoms with Crippen molar-refractivity contribution >= 4 is 29.6 Å². The van der Waals surface area contributed by atoms with Crippen molar-refractivity contribution in [3.05, 3.63) is 33.9 Å². The maximum absolute atomic E-state index is 12.0. The molecule has 0 heterocycles.